The molecule has 0 aromatic rings. The number of alkyl halides is 1. The van der Waals surface area contributed by atoms with Crippen LogP contribution in [-0.4, -0.2) is 43.4 Å². The molecule has 0 aliphatic carbocycles. The van der Waals surface area contributed by atoms with Crippen LogP contribution in [-0.2, 0) is 4.74 Å². The average Bonchev–Trinajstić information content (AvgIpc) is 2.63. The molecule has 2 unspecified atom stereocenters. The minimum absolute atomic E-state index is 0.225. The third-order valence-corrected chi connectivity index (χ3v) is 3.26. The summed E-state index contributed by atoms with van der Waals surface area (Å²) in [6.07, 6.45) is 1.56. The second kappa shape index (κ2) is 6.44. The van der Waals surface area contributed by atoms with Gasteiger partial charge in [0.15, 0.2) is 0 Å². The number of nitrogens with zero attached hydrogens (tertiary/aromatic N) is 1. The molecule has 2 saturated heterocycles. The molecule has 2 aliphatic heterocycles. The molecule has 0 spiro atoms. The lowest BCUT2D eigenvalue weighted by Gasteiger charge is -2.30. The van der Waals surface area contributed by atoms with E-state index in [0.717, 1.165) is 32.6 Å². The highest BCUT2D eigenvalue weighted by molar-refractivity contribution is 4.86. The topological polar surface area (TPSA) is 12.5 Å². The number of hydrogen-bond acceptors (Lipinski definition) is 2. The van der Waals surface area contributed by atoms with E-state index in [9.17, 15) is 4.39 Å². The molecule has 2 nitrogen and oxygen atoms in total. The van der Waals surface area contributed by atoms with E-state index in [1.807, 2.05) is 20.8 Å². The van der Waals surface area contributed by atoms with E-state index in [1.165, 1.54) is 0 Å². The highest BCUT2D eigenvalue weighted by Crippen LogP contribution is 2.25. The van der Waals surface area contributed by atoms with Gasteiger partial charge < -0.3 is 4.74 Å². The number of likely N-dealkylation sites (tertiary alicyclic amines) is 1. The molecule has 0 bridgehead atoms. The maximum Gasteiger partial charge on any atom is 0.116 e. The van der Waals surface area contributed by atoms with E-state index in [0.29, 0.717) is 12.6 Å². The average molecular weight is 217 g/mol. The number of halogens is 1. The molecule has 2 atom stereocenters. The summed E-state index contributed by atoms with van der Waals surface area (Å²) in [6.45, 7) is 9.29. The van der Waals surface area contributed by atoms with Gasteiger partial charge in [0.2, 0.25) is 0 Å². The third kappa shape index (κ3) is 3.42. The normalized spacial score (nSPS) is 33.6. The Labute approximate surface area is 92.8 Å². The van der Waals surface area contributed by atoms with E-state index >= 15 is 0 Å². The summed E-state index contributed by atoms with van der Waals surface area (Å²) in [4.78, 5) is 2.30. The zero-order valence-corrected chi connectivity index (χ0v) is 10.2. The molecule has 2 aliphatic rings. The van der Waals surface area contributed by atoms with Crippen LogP contribution in [0.4, 0.5) is 4.39 Å². The van der Waals surface area contributed by atoms with Crippen molar-refractivity contribution in [2.75, 3.05) is 26.3 Å². The first-order valence-electron chi connectivity index (χ1n) is 6.23. The Bertz CT molecular complexity index is 161. The Morgan fingerprint density at radius 2 is 1.73 bits per heavy atom. The summed E-state index contributed by atoms with van der Waals surface area (Å²) < 4.78 is 18.5. The van der Waals surface area contributed by atoms with Crippen LogP contribution in [0.2, 0.25) is 0 Å². The molecule has 2 rings (SSSR count). The molecule has 0 radical (unpaired) electrons. The number of hydrogen-bond donors (Lipinski definition) is 0. The van der Waals surface area contributed by atoms with Crippen LogP contribution in [0.5, 0.6) is 0 Å². The van der Waals surface area contributed by atoms with Crippen molar-refractivity contribution in [3.63, 3.8) is 0 Å². The van der Waals surface area contributed by atoms with Gasteiger partial charge in [-0.15, -0.1) is 0 Å². The largest absolute Gasteiger partial charge is 0.381 e. The second-order valence-electron chi connectivity index (χ2n) is 4.29. The van der Waals surface area contributed by atoms with E-state index < -0.39 is 6.17 Å². The predicted octanol–water partition coefficient (Wildman–Crippen LogP) is 2.48. The molecule has 2 fully saturated rings. The zero-order chi connectivity index (χ0) is 11.3. The molecular weight excluding hydrogens is 193 g/mol. The van der Waals surface area contributed by atoms with Crippen molar-refractivity contribution >= 4 is 0 Å². The third-order valence-electron chi connectivity index (χ3n) is 3.26. The van der Waals surface area contributed by atoms with Gasteiger partial charge in [0.25, 0.3) is 0 Å². The molecule has 15 heavy (non-hydrogen) atoms. The molecule has 2 heterocycles. The molecule has 3 heteroatoms. The molecule has 0 aromatic heterocycles. The SMILES string of the molecule is CC.CC1CN(C2CCOCC2)CC1F. The molecule has 0 N–H and O–H groups in total. The highest BCUT2D eigenvalue weighted by atomic mass is 19.1. The number of rotatable bonds is 1. The van der Waals surface area contributed by atoms with Gasteiger partial charge in [0.1, 0.15) is 6.17 Å². The fraction of sp³-hybridized carbons (Fsp3) is 1.00. The first kappa shape index (κ1) is 12.9. The Balaban J connectivity index is 0.000000531. The Kier molecular flexibility index (Phi) is 5.54. The van der Waals surface area contributed by atoms with Gasteiger partial charge in [-0.2, -0.15) is 0 Å². The van der Waals surface area contributed by atoms with Gasteiger partial charge in [0.05, 0.1) is 0 Å². The van der Waals surface area contributed by atoms with Crippen molar-refractivity contribution < 1.29 is 9.13 Å². The van der Waals surface area contributed by atoms with Crippen molar-refractivity contribution in [3.8, 4) is 0 Å². The van der Waals surface area contributed by atoms with Crippen molar-refractivity contribution in [1.82, 2.24) is 4.90 Å². The van der Waals surface area contributed by atoms with E-state index in [1.54, 1.807) is 0 Å². The molecule has 0 amide bonds. The molecule has 0 aromatic carbocycles. The molecular formula is C12H24FNO. The summed E-state index contributed by atoms with van der Waals surface area (Å²) in [6, 6.07) is 0.581. The second-order valence-corrected chi connectivity index (χ2v) is 4.29. The van der Waals surface area contributed by atoms with Crippen LogP contribution in [0.25, 0.3) is 0 Å². The summed E-state index contributed by atoms with van der Waals surface area (Å²) in [5, 5.41) is 0. The van der Waals surface area contributed by atoms with Gasteiger partial charge in [0, 0.05) is 38.3 Å². The van der Waals surface area contributed by atoms with Crippen LogP contribution in [0.3, 0.4) is 0 Å². The quantitative estimate of drug-likeness (QED) is 0.669. The van der Waals surface area contributed by atoms with Gasteiger partial charge in [-0.3, -0.25) is 4.90 Å². The fourth-order valence-corrected chi connectivity index (χ4v) is 2.31. The van der Waals surface area contributed by atoms with Crippen LogP contribution < -0.4 is 0 Å². The minimum Gasteiger partial charge on any atom is -0.381 e. The Morgan fingerprint density at radius 3 is 2.20 bits per heavy atom. The lowest BCUT2D eigenvalue weighted by Crippen LogP contribution is -2.38. The van der Waals surface area contributed by atoms with Crippen LogP contribution >= 0.6 is 0 Å². The molecule has 90 valence electrons. The lowest BCUT2D eigenvalue weighted by molar-refractivity contribution is 0.0400. The maximum absolute atomic E-state index is 13.2. The Morgan fingerprint density at radius 1 is 1.13 bits per heavy atom. The van der Waals surface area contributed by atoms with Crippen molar-refractivity contribution in [2.45, 2.75) is 45.8 Å². The maximum atomic E-state index is 13.2. The predicted molar refractivity (Wildman–Crippen MR) is 60.8 cm³/mol. The monoisotopic (exact) mass is 217 g/mol. The smallest absolute Gasteiger partial charge is 0.116 e. The van der Waals surface area contributed by atoms with Crippen LogP contribution in [0, 0.1) is 5.92 Å². The number of ether oxygens (including phenoxy) is 1. The minimum atomic E-state index is -0.608. The summed E-state index contributed by atoms with van der Waals surface area (Å²) in [5.41, 5.74) is 0. The van der Waals surface area contributed by atoms with Gasteiger partial charge in [-0.1, -0.05) is 20.8 Å². The van der Waals surface area contributed by atoms with Crippen LogP contribution in [0.15, 0.2) is 0 Å². The van der Waals surface area contributed by atoms with Gasteiger partial charge >= 0.3 is 0 Å². The summed E-state index contributed by atoms with van der Waals surface area (Å²) in [5.74, 6) is 0.225. The van der Waals surface area contributed by atoms with Crippen molar-refractivity contribution in [2.24, 2.45) is 5.92 Å². The lowest BCUT2D eigenvalue weighted by atomic mass is 10.1. The van der Waals surface area contributed by atoms with Crippen LogP contribution in [0.1, 0.15) is 33.6 Å². The fourth-order valence-electron chi connectivity index (χ4n) is 2.31. The van der Waals surface area contributed by atoms with Crippen molar-refractivity contribution in [1.29, 1.82) is 0 Å². The van der Waals surface area contributed by atoms with Crippen molar-refractivity contribution in [3.05, 3.63) is 0 Å². The summed E-state index contributed by atoms with van der Waals surface area (Å²) >= 11 is 0. The van der Waals surface area contributed by atoms with Gasteiger partial charge in [-0.05, 0) is 12.8 Å². The highest BCUT2D eigenvalue weighted by Gasteiger charge is 2.33. The molecule has 0 saturated carbocycles. The standard InChI is InChI=1S/C10H18FNO.C2H6/c1-8-6-12(7-10(8)11)9-2-4-13-5-3-9;1-2/h8-10H,2-7H2,1H3;1-2H3. The van der Waals surface area contributed by atoms with Gasteiger partial charge in [-0.25, -0.2) is 4.39 Å². The zero-order valence-electron chi connectivity index (χ0n) is 10.2. The summed E-state index contributed by atoms with van der Waals surface area (Å²) in [7, 11) is 0. The van der Waals surface area contributed by atoms with E-state index in [4.69, 9.17) is 4.74 Å². The van der Waals surface area contributed by atoms with E-state index in [-0.39, 0.29) is 5.92 Å². The Hall–Kier alpha value is -0.150. The first-order chi connectivity index (χ1) is 7.27. The first-order valence-corrected chi connectivity index (χ1v) is 6.23. The van der Waals surface area contributed by atoms with E-state index in [2.05, 4.69) is 4.90 Å².